The van der Waals surface area contributed by atoms with Gasteiger partial charge >= 0.3 is 0 Å². The number of hydrogen-bond donors (Lipinski definition) is 0. The van der Waals surface area contributed by atoms with Gasteiger partial charge in [0, 0.05) is 24.9 Å². The Balaban J connectivity index is 1.52. The predicted octanol–water partition coefficient (Wildman–Crippen LogP) is 2.67. The summed E-state index contributed by atoms with van der Waals surface area (Å²) in [5, 5.41) is 0.0250. The Morgan fingerprint density at radius 2 is 2.04 bits per heavy atom. The van der Waals surface area contributed by atoms with Gasteiger partial charge in [-0.25, -0.2) is 0 Å². The van der Waals surface area contributed by atoms with E-state index in [-0.39, 0.29) is 11.3 Å². The van der Waals surface area contributed by atoms with Crippen molar-refractivity contribution in [2.45, 2.75) is 11.8 Å². The van der Waals surface area contributed by atoms with E-state index in [4.69, 9.17) is 9.47 Å². The van der Waals surface area contributed by atoms with Crippen LogP contribution in [0.5, 0.6) is 11.5 Å². The van der Waals surface area contributed by atoms with Gasteiger partial charge in [-0.1, -0.05) is 12.1 Å². The van der Waals surface area contributed by atoms with E-state index in [0.29, 0.717) is 25.5 Å². The van der Waals surface area contributed by atoms with Crippen LogP contribution >= 0.6 is 11.8 Å². The maximum atomic E-state index is 12.3. The monoisotopic (exact) mass is 342 g/mol. The van der Waals surface area contributed by atoms with Crippen LogP contribution in [0.4, 0.5) is 0 Å². The van der Waals surface area contributed by atoms with E-state index in [1.807, 2.05) is 41.3 Å². The van der Waals surface area contributed by atoms with Crippen molar-refractivity contribution < 1.29 is 14.3 Å². The molecule has 0 radical (unpaired) electrons. The average Bonchev–Trinajstić information content (AvgIpc) is 3.01. The second-order valence-corrected chi connectivity index (χ2v) is 6.79. The van der Waals surface area contributed by atoms with Crippen LogP contribution in [0, 0.1) is 0 Å². The number of aromatic nitrogens is 1. The van der Waals surface area contributed by atoms with Gasteiger partial charge in [0.2, 0.25) is 5.91 Å². The van der Waals surface area contributed by atoms with E-state index in [1.165, 1.54) is 0 Å². The third kappa shape index (κ3) is 3.06. The van der Waals surface area contributed by atoms with Crippen molar-refractivity contribution in [3.05, 3.63) is 53.9 Å². The number of benzene rings is 1. The van der Waals surface area contributed by atoms with Gasteiger partial charge < -0.3 is 14.4 Å². The smallest absolute Gasteiger partial charge is 0.233 e. The molecule has 1 aromatic heterocycles. The Hall–Kier alpha value is -2.21. The summed E-state index contributed by atoms with van der Waals surface area (Å²) in [7, 11) is 0. The number of pyridine rings is 1. The summed E-state index contributed by atoms with van der Waals surface area (Å²) < 4.78 is 11.2. The van der Waals surface area contributed by atoms with E-state index in [9.17, 15) is 4.79 Å². The first-order chi connectivity index (χ1) is 11.8. The first-order valence-corrected chi connectivity index (χ1v) is 9.07. The third-order valence-electron chi connectivity index (χ3n) is 4.15. The predicted molar refractivity (Wildman–Crippen MR) is 92.3 cm³/mol. The molecule has 1 unspecified atom stereocenters. The molecule has 0 N–H and O–H groups in total. The van der Waals surface area contributed by atoms with Gasteiger partial charge in [-0.2, -0.15) is 0 Å². The van der Waals surface area contributed by atoms with Crippen LogP contribution in [0.25, 0.3) is 0 Å². The number of rotatable bonds is 4. The zero-order chi connectivity index (χ0) is 16.4. The standard InChI is InChI=1S/C18H18N2O3S/c21-17-12-24-18(20(17)8-6-14-3-1-2-7-19-14)13-4-5-15-16(11-13)23-10-9-22-15/h1-5,7,11,18H,6,8-10,12H2. The number of hydrogen-bond acceptors (Lipinski definition) is 5. The van der Waals surface area contributed by atoms with E-state index in [0.717, 1.165) is 29.2 Å². The fourth-order valence-corrected chi connectivity index (χ4v) is 4.17. The Morgan fingerprint density at radius 3 is 2.88 bits per heavy atom. The lowest BCUT2D eigenvalue weighted by molar-refractivity contribution is -0.128. The summed E-state index contributed by atoms with van der Waals surface area (Å²) in [5.41, 5.74) is 2.08. The molecule has 1 fully saturated rings. The van der Waals surface area contributed by atoms with E-state index in [1.54, 1.807) is 18.0 Å². The van der Waals surface area contributed by atoms with Gasteiger partial charge in [0.05, 0.1) is 5.75 Å². The Kier molecular flexibility index (Phi) is 4.30. The van der Waals surface area contributed by atoms with Crippen LogP contribution in [-0.2, 0) is 11.2 Å². The zero-order valence-electron chi connectivity index (χ0n) is 13.2. The molecule has 1 aromatic carbocycles. The van der Waals surface area contributed by atoms with Crippen LogP contribution in [0.1, 0.15) is 16.6 Å². The van der Waals surface area contributed by atoms with E-state index < -0.39 is 0 Å². The van der Waals surface area contributed by atoms with Crippen LogP contribution in [0.15, 0.2) is 42.6 Å². The Bertz CT molecular complexity index is 738. The summed E-state index contributed by atoms with van der Waals surface area (Å²) >= 11 is 1.66. The molecular formula is C18H18N2O3S. The lowest BCUT2D eigenvalue weighted by Crippen LogP contribution is -2.30. The molecule has 3 heterocycles. The molecule has 5 nitrogen and oxygen atoms in total. The van der Waals surface area contributed by atoms with Gasteiger partial charge in [0.25, 0.3) is 0 Å². The highest BCUT2D eigenvalue weighted by molar-refractivity contribution is 8.00. The first kappa shape index (κ1) is 15.3. The molecule has 1 amide bonds. The quantitative estimate of drug-likeness (QED) is 0.855. The second-order valence-electron chi connectivity index (χ2n) is 5.72. The summed E-state index contributed by atoms with van der Waals surface area (Å²) in [6.07, 6.45) is 2.54. The van der Waals surface area contributed by atoms with Crippen molar-refractivity contribution in [1.29, 1.82) is 0 Å². The number of thioether (sulfide) groups is 1. The number of amides is 1. The maximum absolute atomic E-state index is 12.3. The minimum Gasteiger partial charge on any atom is -0.486 e. The summed E-state index contributed by atoms with van der Waals surface area (Å²) in [5.74, 6) is 2.24. The number of ether oxygens (including phenoxy) is 2. The molecule has 1 saturated heterocycles. The van der Waals surface area contributed by atoms with Gasteiger partial charge in [-0.05, 0) is 29.8 Å². The minimum absolute atomic E-state index is 0.0250. The number of nitrogens with zero attached hydrogens (tertiary/aromatic N) is 2. The highest BCUT2D eigenvalue weighted by Gasteiger charge is 2.33. The van der Waals surface area contributed by atoms with Crippen LogP contribution in [0.2, 0.25) is 0 Å². The third-order valence-corrected chi connectivity index (χ3v) is 5.41. The van der Waals surface area contributed by atoms with Crippen molar-refractivity contribution in [3.63, 3.8) is 0 Å². The van der Waals surface area contributed by atoms with Crippen molar-refractivity contribution in [2.75, 3.05) is 25.5 Å². The second kappa shape index (κ2) is 6.73. The van der Waals surface area contributed by atoms with E-state index in [2.05, 4.69) is 4.98 Å². The van der Waals surface area contributed by atoms with Crippen molar-refractivity contribution in [3.8, 4) is 11.5 Å². The highest BCUT2D eigenvalue weighted by atomic mass is 32.2. The molecule has 2 aromatic rings. The van der Waals surface area contributed by atoms with Crippen LogP contribution in [-0.4, -0.2) is 41.3 Å². The fraction of sp³-hybridized carbons (Fsp3) is 0.333. The summed E-state index contributed by atoms with van der Waals surface area (Å²) in [6, 6.07) is 11.8. The molecule has 4 rings (SSSR count). The van der Waals surface area contributed by atoms with Gasteiger partial charge in [-0.15, -0.1) is 11.8 Å². The molecule has 0 bridgehead atoms. The summed E-state index contributed by atoms with van der Waals surface area (Å²) in [6.45, 7) is 1.82. The minimum atomic E-state index is 0.0250. The molecule has 24 heavy (non-hydrogen) atoms. The van der Waals surface area contributed by atoms with Gasteiger partial charge in [0.15, 0.2) is 11.5 Å². The molecule has 6 heteroatoms. The molecule has 1 atom stereocenters. The number of carbonyl (C=O) groups is 1. The Morgan fingerprint density at radius 1 is 1.17 bits per heavy atom. The average molecular weight is 342 g/mol. The van der Waals surface area contributed by atoms with E-state index >= 15 is 0 Å². The lowest BCUT2D eigenvalue weighted by atomic mass is 10.1. The molecule has 0 spiro atoms. The first-order valence-electron chi connectivity index (χ1n) is 8.02. The zero-order valence-corrected chi connectivity index (χ0v) is 14.0. The Labute approximate surface area is 145 Å². The van der Waals surface area contributed by atoms with Crippen molar-refractivity contribution in [2.24, 2.45) is 0 Å². The molecule has 2 aliphatic rings. The topological polar surface area (TPSA) is 51.7 Å². The largest absolute Gasteiger partial charge is 0.486 e. The molecule has 0 aliphatic carbocycles. The van der Waals surface area contributed by atoms with Crippen LogP contribution in [0.3, 0.4) is 0 Å². The normalized spacial score (nSPS) is 19.6. The number of carbonyl (C=O) groups excluding carboxylic acids is 1. The maximum Gasteiger partial charge on any atom is 0.233 e. The van der Waals surface area contributed by atoms with Gasteiger partial charge in [0.1, 0.15) is 18.6 Å². The van der Waals surface area contributed by atoms with Crippen LogP contribution < -0.4 is 9.47 Å². The van der Waals surface area contributed by atoms with Gasteiger partial charge in [-0.3, -0.25) is 9.78 Å². The lowest BCUT2D eigenvalue weighted by Gasteiger charge is -2.26. The highest BCUT2D eigenvalue weighted by Crippen LogP contribution is 2.42. The van der Waals surface area contributed by atoms with Crippen molar-refractivity contribution >= 4 is 17.7 Å². The molecular weight excluding hydrogens is 324 g/mol. The molecule has 0 saturated carbocycles. The number of fused-ring (bicyclic) bond motifs is 1. The molecule has 2 aliphatic heterocycles. The fourth-order valence-electron chi connectivity index (χ4n) is 2.97. The summed E-state index contributed by atoms with van der Waals surface area (Å²) in [4.78, 5) is 18.6. The van der Waals surface area contributed by atoms with Crippen molar-refractivity contribution in [1.82, 2.24) is 9.88 Å². The SMILES string of the molecule is O=C1CSC(c2ccc3c(c2)OCCO3)N1CCc1ccccn1. The molecule has 124 valence electrons.